The first kappa shape index (κ1) is 20.2. The van der Waals surface area contributed by atoms with Crippen LogP contribution < -0.4 is 15.5 Å². The number of carbonyl (C=O) groups excluding carboxylic acids is 2. The van der Waals surface area contributed by atoms with Gasteiger partial charge in [0.15, 0.2) is 0 Å². The van der Waals surface area contributed by atoms with Crippen molar-refractivity contribution in [3.63, 3.8) is 0 Å². The average Bonchev–Trinajstić information content (AvgIpc) is 2.76. The lowest BCUT2D eigenvalue weighted by Crippen LogP contribution is -2.32. The van der Waals surface area contributed by atoms with E-state index >= 15 is 0 Å². The quantitative estimate of drug-likeness (QED) is 0.282. The van der Waals surface area contributed by atoms with E-state index < -0.39 is 16.7 Å². The summed E-state index contributed by atoms with van der Waals surface area (Å²) in [4.78, 5) is 33.9. The highest BCUT2D eigenvalue weighted by Crippen LogP contribution is 2.22. The van der Waals surface area contributed by atoms with Crippen LogP contribution in [0.1, 0.15) is 5.56 Å². The summed E-state index contributed by atoms with van der Waals surface area (Å²) in [5.74, 6) is -0.596. The first-order valence-corrected chi connectivity index (χ1v) is 8.73. The van der Waals surface area contributed by atoms with Gasteiger partial charge < -0.3 is 10.1 Å². The second-order valence-corrected chi connectivity index (χ2v) is 5.94. The van der Waals surface area contributed by atoms with Crippen molar-refractivity contribution >= 4 is 29.4 Å². The zero-order valence-corrected chi connectivity index (χ0v) is 15.5. The predicted molar refractivity (Wildman–Crippen MR) is 110 cm³/mol. The molecule has 0 radical (unpaired) electrons. The van der Waals surface area contributed by atoms with Gasteiger partial charge in [-0.25, -0.2) is 5.43 Å². The molecule has 0 aliphatic rings. The van der Waals surface area contributed by atoms with Crippen LogP contribution in [0, 0.1) is 10.1 Å². The highest BCUT2D eigenvalue weighted by atomic mass is 16.6. The Balaban J connectivity index is 1.50. The maximum Gasteiger partial charge on any atom is 0.329 e. The van der Waals surface area contributed by atoms with Crippen molar-refractivity contribution < 1.29 is 19.2 Å². The third kappa shape index (κ3) is 5.73. The molecule has 2 N–H and O–H groups in total. The molecular formula is C21H16N4O5. The van der Waals surface area contributed by atoms with Crippen LogP contribution in [-0.4, -0.2) is 23.0 Å². The van der Waals surface area contributed by atoms with Crippen LogP contribution in [0.5, 0.6) is 11.5 Å². The number of carbonyl (C=O) groups is 2. The summed E-state index contributed by atoms with van der Waals surface area (Å²) >= 11 is 0. The van der Waals surface area contributed by atoms with Gasteiger partial charge in [0.1, 0.15) is 11.5 Å². The summed E-state index contributed by atoms with van der Waals surface area (Å²) in [6.45, 7) is 0. The van der Waals surface area contributed by atoms with Crippen LogP contribution in [0.4, 0.5) is 11.4 Å². The summed E-state index contributed by atoms with van der Waals surface area (Å²) in [5.41, 5.74) is 2.97. The van der Waals surface area contributed by atoms with Crippen LogP contribution >= 0.6 is 0 Å². The molecule has 0 unspecified atom stereocenters. The molecule has 9 heteroatoms. The molecule has 0 heterocycles. The van der Waals surface area contributed by atoms with Gasteiger partial charge in [-0.05, 0) is 54.1 Å². The van der Waals surface area contributed by atoms with E-state index in [1.807, 2.05) is 30.3 Å². The van der Waals surface area contributed by atoms with E-state index in [4.69, 9.17) is 4.74 Å². The lowest BCUT2D eigenvalue weighted by molar-refractivity contribution is -0.384. The zero-order chi connectivity index (χ0) is 21.3. The number of benzene rings is 3. The van der Waals surface area contributed by atoms with Crippen LogP contribution in [0.2, 0.25) is 0 Å². The van der Waals surface area contributed by atoms with E-state index in [-0.39, 0.29) is 5.69 Å². The Kier molecular flexibility index (Phi) is 6.47. The fourth-order valence-electron chi connectivity index (χ4n) is 2.32. The molecule has 2 amide bonds. The van der Waals surface area contributed by atoms with Gasteiger partial charge in [0, 0.05) is 17.8 Å². The van der Waals surface area contributed by atoms with E-state index in [9.17, 15) is 19.7 Å². The molecule has 0 spiro atoms. The first-order valence-electron chi connectivity index (χ1n) is 8.73. The Morgan fingerprint density at radius 1 is 0.867 bits per heavy atom. The van der Waals surface area contributed by atoms with Crippen molar-refractivity contribution in [1.82, 2.24) is 5.43 Å². The number of hydrogen-bond acceptors (Lipinski definition) is 6. The zero-order valence-electron chi connectivity index (χ0n) is 15.5. The maximum absolute atomic E-state index is 11.9. The highest BCUT2D eigenvalue weighted by molar-refractivity contribution is 6.39. The van der Waals surface area contributed by atoms with Crippen molar-refractivity contribution in [2.45, 2.75) is 0 Å². The summed E-state index contributed by atoms with van der Waals surface area (Å²) < 4.78 is 5.65. The number of non-ortho nitro benzene ring substituents is 1. The minimum Gasteiger partial charge on any atom is -0.457 e. The number of nitro benzene ring substituents is 1. The second kappa shape index (κ2) is 9.60. The largest absolute Gasteiger partial charge is 0.457 e. The van der Waals surface area contributed by atoms with Gasteiger partial charge in [-0.2, -0.15) is 5.10 Å². The number of nitro groups is 1. The third-order valence-corrected chi connectivity index (χ3v) is 3.78. The van der Waals surface area contributed by atoms with Crippen molar-refractivity contribution in [2.24, 2.45) is 5.10 Å². The van der Waals surface area contributed by atoms with Gasteiger partial charge in [-0.3, -0.25) is 19.7 Å². The smallest absolute Gasteiger partial charge is 0.329 e. The Labute approximate surface area is 171 Å². The number of ether oxygens (including phenoxy) is 1. The Morgan fingerprint density at radius 3 is 2.13 bits per heavy atom. The number of hydrogen-bond donors (Lipinski definition) is 2. The SMILES string of the molecule is O=C(N/N=C\c1ccc([N+](=O)[O-])cc1)C(=O)Nc1ccc(Oc2ccccc2)cc1. The molecule has 3 aromatic carbocycles. The fourth-order valence-corrected chi connectivity index (χ4v) is 2.32. The number of nitrogens with zero attached hydrogens (tertiary/aromatic N) is 2. The van der Waals surface area contributed by atoms with Crippen LogP contribution in [0.25, 0.3) is 0 Å². The second-order valence-electron chi connectivity index (χ2n) is 5.94. The fraction of sp³-hybridized carbons (Fsp3) is 0. The van der Waals surface area contributed by atoms with Gasteiger partial charge in [0.2, 0.25) is 0 Å². The van der Waals surface area contributed by atoms with E-state index in [0.29, 0.717) is 22.7 Å². The van der Waals surface area contributed by atoms with Gasteiger partial charge in [0.25, 0.3) is 5.69 Å². The number of amides is 2. The van der Waals surface area contributed by atoms with Crippen molar-refractivity contribution in [3.05, 3.63) is 94.5 Å². The Morgan fingerprint density at radius 2 is 1.50 bits per heavy atom. The van der Waals surface area contributed by atoms with Crippen LogP contribution in [0.15, 0.2) is 84.0 Å². The highest BCUT2D eigenvalue weighted by Gasteiger charge is 2.13. The maximum atomic E-state index is 11.9. The molecule has 3 rings (SSSR count). The van der Waals surface area contributed by atoms with E-state index in [2.05, 4.69) is 15.8 Å². The summed E-state index contributed by atoms with van der Waals surface area (Å²) in [7, 11) is 0. The number of para-hydroxylation sites is 1. The molecule has 9 nitrogen and oxygen atoms in total. The van der Waals surface area contributed by atoms with Gasteiger partial charge in [-0.15, -0.1) is 0 Å². The summed E-state index contributed by atoms with van der Waals surface area (Å²) in [5, 5.41) is 16.7. The van der Waals surface area contributed by atoms with E-state index in [1.165, 1.54) is 30.5 Å². The number of rotatable bonds is 6. The minimum absolute atomic E-state index is 0.0595. The van der Waals surface area contributed by atoms with Crippen LogP contribution in [0.3, 0.4) is 0 Å². The first-order chi connectivity index (χ1) is 14.5. The molecule has 0 fully saturated rings. The normalized spacial score (nSPS) is 10.4. The number of nitrogens with one attached hydrogen (secondary N) is 2. The summed E-state index contributed by atoms with van der Waals surface area (Å²) in [6, 6.07) is 21.3. The molecule has 3 aromatic rings. The molecule has 30 heavy (non-hydrogen) atoms. The molecular weight excluding hydrogens is 388 g/mol. The lowest BCUT2D eigenvalue weighted by atomic mass is 10.2. The van der Waals surface area contributed by atoms with Crippen molar-refractivity contribution in [3.8, 4) is 11.5 Å². The van der Waals surface area contributed by atoms with Gasteiger partial charge >= 0.3 is 11.8 Å². The Hall–Kier alpha value is -4.53. The van der Waals surface area contributed by atoms with Crippen molar-refractivity contribution in [2.75, 3.05) is 5.32 Å². The molecule has 0 aromatic heterocycles. The predicted octanol–water partition coefficient (Wildman–Crippen LogP) is 3.48. The van der Waals surface area contributed by atoms with E-state index in [0.717, 1.165) is 0 Å². The van der Waals surface area contributed by atoms with Gasteiger partial charge in [-0.1, -0.05) is 18.2 Å². The lowest BCUT2D eigenvalue weighted by Gasteiger charge is -2.07. The monoisotopic (exact) mass is 404 g/mol. The van der Waals surface area contributed by atoms with Gasteiger partial charge in [0.05, 0.1) is 11.1 Å². The summed E-state index contributed by atoms with van der Waals surface area (Å²) in [6.07, 6.45) is 1.27. The number of anilines is 1. The molecule has 0 saturated carbocycles. The average molecular weight is 404 g/mol. The third-order valence-electron chi connectivity index (χ3n) is 3.78. The molecule has 0 bridgehead atoms. The van der Waals surface area contributed by atoms with E-state index in [1.54, 1.807) is 24.3 Å². The van der Waals surface area contributed by atoms with Crippen molar-refractivity contribution in [1.29, 1.82) is 0 Å². The molecule has 0 atom stereocenters. The standard InChI is InChI=1S/C21H16N4O5/c26-20(21(27)24-22-14-15-6-10-17(11-7-15)25(28)29)23-16-8-12-19(13-9-16)30-18-4-2-1-3-5-18/h1-14H,(H,23,26)(H,24,27)/b22-14-. The number of hydrazone groups is 1. The minimum atomic E-state index is -0.960. The van der Waals surface area contributed by atoms with Crippen LogP contribution in [-0.2, 0) is 9.59 Å². The molecule has 150 valence electrons. The topological polar surface area (TPSA) is 123 Å². The Bertz CT molecular complexity index is 1060. The molecule has 0 aliphatic heterocycles. The molecule has 0 aliphatic carbocycles. The molecule has 0 saturated heterocycles.